The van der Waals surface area contributed by atoms with Gasteiger partial charge in [0.1, 0.15) is 11.2 Å². The van der Waals surface area contributed by atoms with Crippen LogP contribution in [0.2, 0.25) is 0 Å². The average molecular weight is 353 g/mol. The summed E-state index contributed by atoms with van der Waals surface area (Å²) in [5.74, 6) is 1.48. The van der Waals surface area contributed by atoms with Crippen molar-refractivity contribution in [2.75, 3.05) is 4.90 Å². The minimum atomic E-state index is 0.738. The van der Waals surface area contributed by atoms with Crippen LogP contribution in [0.25, 0.3) is 21.9 Å². The first-order valence-corrected chi connectivity index (χ1v) is 9.04. The van der Waals surface area contributed by atoms with Crippen LogP contribution in [-0.4, -0.2) is 0 Å². The molecule has 0 N–H and O–H groups in total. The Kier molecular flexibility index (Phi) is 3.54. The van der Waals surface area contributed by atoms with E-state index in [2.05, 4.69) is 62.4 Å². The third kappa shape index (κ3) is 2.59. The Morgan fingerprint density at radius 2 is 1.11 bits per heavy atom. The van der Waals surface area contributed by atoms with E-state index in [9.17, 15) is 0 Å². The van der Waals surface area contributed by atoms with E-state index < -0.39 is 0 Å². The molecule has 5 rings (SSSR count). The first-order chi connectivity index (χ1) is 13.2. The molecule has 3 aromatic carbocycles. The molecule has 27 heavy (non-hydrogen) atoms. The number of furan rings is 2. The fourth-order valence-corrected chi connectivity index (χ4v) is 3.55. The number of rotatable bonds is 3. The Hall–Kier alpha value is -3.46. The van der Waals surface area contributed by atoms with Gasteiger partial charge in [-0.3, -0.25) is 4.90 Å². The summed E-state index contributed by atoms with van der Waals surface area (Å²) in [5.41, 5.74) is 5.03. The monoisotopic (exact) mass is 353 g/mol. The quantitative estimate of drug-likeness (QED) is 0.342. The normalized spacial score (nSPS) is 11.3. The highest BCUT2D eigenvalue weighted by atomic mass is 16.4. The van der Waals surface area contributed by atoms with Gasteiger partial charge in [-0.25, -0.2) is 0 Å². The zero-order valence-electron chi connectivity index (χ0n) is 15.3. The van der Waals surface area contributed by atoms with Crippen LogP contribution in [0.3, 0.4) is 0 Å². The van der Waals surface area contributed by atoms with Crippen molar-refractivity contribution >= 4 is 39.4 Å². The van der Waals surface area contributed by atoms with Crippen molar-refractivity contribution in [3.8, 4) is 0 Å². The zero-order chi connectivity index (χ0) is 18.4. The van der Waals surface area contributed by atoms with Crippen LogP contribution in [0.1, 0.15) is 11.1 Å². The molecule has 3 heteroatoms. The fourth-order valence-electron chi connectivity index (χ4n) is 3.55. The van der Waals surface area contributed by atoms with Gasteiger partial charge in [-0.2, -0.15) is 0 Å². The van der Waals surface area contributed by atoms with Crippen molar-refractivity contribution in [2.45, 2.75) is 13.8 Å². The molecule has 0 aliphatic heterocycles. The van der Waals surface area contributed by atoms with Gasteiger partial charge in [-0.05, 0) is 37.1 Å². The van der Waals surface area contributed by atoms with Gasteiger partial charge in [-0.1, -0.05) is 54.6 Å². The van der Waals surface area contributed by atoms with Crippen molar-refractivity contribution in [1.29, 1.82) is 0 Å². The lowest BCUT2D eigenvalue weighted by atomic mass is 10.2. The highest BCUT2D eigenvalue weighted by Gasteiger charge is 2.21. The predicted molar refractivity (Wildman–Crippen MR) is 110 cm³/mol. The molecule has 0 unspecified atom stereocenters. The standard InChI is InChI=1S/C24H19NO2/c1-16-8-6-10-18-14-21(26-23(16)18)25(20-12-4-3-5-13-20)22-15-19-11-7-9-17(2)24(19)27-22/h3-15H,1-2H3. The van der Waals surface area contributed by atoms with Crippen LogP contribution in [0.4, 0.5) is 17.5 Å². The molecule has 0 spiro atoms. The minimum Gasteiger partial charge on any atom is -0.439 e. The van der Waals surface area contributed by atoms with Crippen LogP contribution >= 0.6 is 0 Å². The summed E-state index contributed by atoms with van der Waals surface area (Å²) in [6, 6.07) is 26.7. The fraction of sp³-hybridized carbons (Fsp3) is 0.0833. The molecule has 3 nitrogen and oxygen atoms in total. The molecule has 0 radical (unpaired) electrons. The molecule has 0 atom stereocenters. The summed E-state index contributed by atoms with van der Waals surface area (Å²) in [4.78, 5) is 2.03. The third-order valence-corrected chi connectivity index (χ3v) is 4.91. The van der Waals surface area contributed by atoms with E-state index in [0.717, 1.165) is 50.5 Å². The maximum Gasteiger partial charge on any atom is 0.208 e. The van der Waals surface area contributed by atoms with Gasteiger partial charge in [0.25, 0.3) is 0 Å². The lowest BCUT2D eigenvalue weighted by molar-refractivity contribution is 0.581. The smallest absolute Gasteiger partial charge is 0.208 e. The molecule has 5 aromatic rings. The first-order valence-electron chi connectivity index (χ1n) is 9.04. The van der Waals surface area contributed by atoms with Crippen LogP contribution in [0.15, 0.2) is 87.7 Å². The molecule has 132 valence electrons. The topological polar surface area (TPSA) is 29.5 Å². The Morgan fingerprint density at radius 1 is 0.593 bits per heavy atom. The number of para-hydroxylation sites is 3. The molecular formula is C24H19NO2. The summed E-state index contributed by atoms with van der Waals surface area (Å²) in [6.07, 6.45) is 0. The maximum atomic E-state index is 6.26. The molecule has 0 bridgehead atoms. The van der Waals surface area contributed by atoms with Gasteiger partial charge in [0.2, 0.25) is 11.8 Å². The van der Waals surface area contributed by atoms with E-state index >= 15 is 0 Å². The second-order valence-electron chi connectivity index (χ2n) is 6.83. The second kappa shape index (κ2) is 6.06. The second-order valence-corrected chi connectivity index (χ2v) is 6.83. The SMILES string of the molecule is Cc1cccc2cc(N(c3ccccc3)c3cc4cccc(C)c4o3)oc12. The van der Waals surface area contributed by atoms with E-state index in [1.54, 1.807) is 0 Å². The lowest BCUT2D eigenvalue weighted by Gasteiger charge is -2.18. The minimum absolute atomic E-state index is 0.738. The Labute approximate surface area is 157 Å². The molecule has 0 aliphatic carbocycles. The molecule has 2 heterocycles. The lowest BCUT2D eigenvalue weighted by Crippen LogP contribution is -2.07. The number of benzene rings is 3. The molecule has 0 amide bonds. The summed E-state index contributed by atoms with van der Waals surface area (Å²) in [7, 11) is 0. The largest absolute Gasteiger partial charge is 0.439 e. The number of hydrogen-bond acceptors (Lipinski definition) is 3. The molecule has 0 saturated heterocycles. The van der Waals surface area contributed by atoms with Crippen molar-refractivity contribution in [3.63, 3.8) is 0 Å². The third-order valence-electron chi connectivity index (χ3n) is 4.91. The summed E-state index contributed by atoms with van der Waals surface area (Å²) in [6.45, 7) is 4.13. The van der Waals surface area contributed by atoms with Gasteiger partial charge in [-0.15, -0.1) is 0 Å². The summed E-state index contributed by atoms with van der Waals surface area (Å²) in [5, 5.41) is 2.16. The Balaban J connectivity index is 1.75. The van der Waals surface area contributed by atoms with E-state index in [1.807, 2.05) is 35.2 Å². The summed E-state index contributed by atoms with van der Waals surface area (Å²) >= 11 is 0. The van der Waals surface area contributed by atoms with Crippen molar-refractivity contribution in [3.05, 3.63) is 90.0 Å². The Morgan fingerprint density at radius 3 is 1.59 bits per heavy atom. The van der Waals surface area contributed by atoms with Gasteiger partial charge >= 0.3 is 0 Å². The maximum absolute atomic E-state index is 6.26. The van der Waals surface area contributed by atoms with Gasteiger partial charge in [0.15, 0.2) is 0 Å². The van der Waals surface area contributed by atoms with E-state index in [-0.39, 0.29) is 0 Å². The number of hydrogen-bond donors (Lipinski definition) is 0. The van der Waals surface area contributed by atoms with Crippen LogP contribution in [0.5, 0.6) is 0 Å². The average Bonchev–Trinajstić information content (AvgIpc) is 3.29. The number of fused-ring (bicyclic) bond motifs is 2. The van der Waals surface area contributed by atoms with E-state index in [1.165, 1.54) is 0 Å². The predicted octanol–water partition coefficient (Wildman–Crippen LogP) is 7.27. The highest BCUT2D eigenvalue weighted by Crippen LogP contribution is 2.41. The molecule has 2 aromatic heterocycles. The molecule has 0 aliphatic rings. The van der Waals surface area contributed by atoms with Crippen molar-refractivity contribution in [1.82, 2.24) is 0 Å². The first kappa shape index (κ1) is 15.8. The highest BCUT2D eigenvalue weighted by molar-refractivity contribution is 5.89. The number of nitrogens with zero attached hydrogens (tertiary/aromatic N) is 1. The number of anilines is 3. The van der Waals surface area contributed by atoms with Gasteiger partial charge in [0, 0.05) is 22.9 Å². The van der Waals surface area contributed by atoms with Crippen molar-refractivity contribution in [2.24, 2.45) is 0 Å². The number of aryl methyl sites for hydroxylation is 2. The van der Waals surface area contributed by atoms with E-state index in [4.69, 9.17) is 8.83 Å². The molecular weight excluding hydrogens is 334 g/mol. The molecule has 0 saturated carbocycles. The van der Waals surface area contributed by atoms with E-state index in [0.29, 0.717) is 0 Å². The van der Waals surface area contributed by atoms with Crippen molar-refractivity contribution < 1.29 is 8.83 Å². The van der Waals surface area contributed by atoms with Crippen LogP contribution in [0, 0.1) is 13.8 Å². The van der Waals surface area contributed by atoms with Crippen LogP contribution < -0.4 is 4.90 Å². The zero-order valence-corrected chi connectivity index (χ0v) is 15.3. The van der Waals surface area contributed by atoms with Gasteiger partial charge in [0.05, 0.1) is 5.69 Å². The summed E-state index contributed by atoms with van der Waals surface area (Å²) < 4.78 is 12.5. The molecule has 0 fully saturated rings. The Bertz CT molecular complexity index is 1170. The van der Waals surface area contributed by atoms with Crippen LogP contribution in [-0.2, 0) is 0 Å². The van der Waals surface area contributed by atoms with Gasteiger partial charge < -0.3 is 8.83 Å².